The summed E-state index contributed by atoms with van der Waals surface area (Å²) in [6, 6.07) is 9.29. The normalized spacial score (nSPS) is 13.3. The molecule has 2 aromatic rings. The van der Waals surface area contributed by atoms with Gasteiger partial charge in [0, 0.05) is 25.8 Å². The zero-order valence-electron chi connectivity index (χ0n) is 12.4. The molecule has 1 heterocycles. The molecule has 2 rings (SSSR count). The monoisotopic (exact) mass is 324 g/mol. The lowest BCUT2D eigenvalue weighted by atomic mass is 10.1. The molecule has 0 saturated carbocycles. The van der Waals surface area contributed by atoms with Gasteiger partial charge in [0.1, 0.15) is 0 Å². The summed E-state index contributed by atoms with van der Waals surface area (Å²) >= 11 is 1.70. The molecule has 1 atom stereocenters. The van der Waals surface area contributed by atoms with Crippen LogP contribution in [0.25, 0.3) is 0 Å². The minimum absolute atomic E-state index is 0.288. The fraction of sp³-hybridized carbons (Fsp3) is 0.333. The van der Waals surface area contributed by atoms with E-state index in [9.17, 15) is 8.42 Å². The van der Waals surface area contributed by atoms with Gasteiger partial charge < -0.3 is 5.32 Å². The van der Waals surface area contributed by atoms with Crippen LogP contribution in [0, 0.1) is 0 Å². The van der Waals surface area contributed by atoms with E-state index in [0.717, 1.165) is 12.1 Å². The minimum atomic E-state index is -3.36. The van der Waals surface area contributed by atoms with Gasteiger partial charge in [-0.15, -0.1) is 0 Å². The molecule has 21 heavy (non-hydrogen) atoms. The van der Waals surface area contributed by atoms with E-state index < -0.39 is 10.0 Å². The van der Waals surface area contributed by atoms with Crippen LogP contribution in [0.4, 0.5) is 5.69 Å². The first-order valence-corrected chi connectivity index (χ1v) is 9.08. The second-order valence-electron chi connectivity index (χ2n) is 5.19. The Labute approximate surface area is 130 Å². The Morgan fingerprint density at radius 2 is 1.86 bits per heavy atom. The van der Waals surface area contributed by atoms with Crippen molar-refractivity contribution in [1.29, 1.82) is 0 Å². The fourth-order valence-electron chi connectivity index (χ4n) is 2.03. The van der Waals surface area contributed by atoms with Crippen LogP contribution in [-0.4, -0.2) is 32.9 Å². The molecule has 1 aromatic heterocycles. The summed E-state index contributed by atoms with van der Waals surface area (Å²) in [5.74, 6) is 0. The predicted molar refractivity (Wildman–Crippen MR) is 88.4 cm³/mol. The topological polar surface area (TPSA) is 49.4 Å². The zero-order valence-corrected chi connectivity index (χ0v) is 14.0. The van der Waals surface area contributed by atoms with Gasteiger partial charge in [-0.1, -0.05) is 0 Å². The summed E-state index contributed by atoms with van der Waals surface area (Å²) in [5, 5.41) is 7.60. The van der Waals surface area contributed by atoms with Crippen LogP contribution in [-0.2, 0) is 16.4 Å². The maximum Gasteiger partial charge on any atom is 0.242 e. The number of benzene rings is 1. The molecule has 0 bridgehead atoms. The first-order valence-electron chi connectivity index (χ1n) is 6.70. The SMILES string of the molecule is CC(Cc1ccsc1)Nc1ccc(S(=O)(=O)N(C)C)cc1. The molecule has 0 aliphatic carbocycles. The third-order valence-corrected chi connectivity index (χ3v) is 5.73. The molecule has 0 aliphatic heterocycles. The van der Waals surface area contributed by atoms with Crippen molar-refractivity contribution in [3.05, 3.63) is 46.7 Å². The Morgan fingerprint density at radius 3 is 2.38 bits per heavy atom. The van der Waals surface area contributed by atoms with Crippen molar-refractivity contribution in [2.75, 3.05) is 19.4 Å². The predicted octanol–water partition coefficient (Wildman–Crippen LogP) is 3.04. The Bertz CT molecular complexity index is 662. The standard InChI is InChI=1S/C15H20N2O2S2/c1-12(10-13-8-9-20-11-13)16-14-4-6-15(7-5-14)21(18,19)17(2)3/h4-9,11-12,16H,10H2,1-3H3. The number of hydrogen-bond acceptors (Lipinski definition) is 4. The van der Waals surface area contributed by atoms with Crippen LogP contribution in [0.15, 0.2) is 46.0 Å². The number of hydrogen-bond donors (Lipinski definition) is 1. The molecule has 1 unspecified atom stereocenters. The maximum absolute atomic E-state index is 12.0. The van der Waals surface area contributed by atoms with Crippen LogP contribution >= 0.6 is 11.3 Å². The minimum Gasteiger partial charge on any atom is -0.382 e. The molecule has 0 saturated heterocycles. The highest BCUT2D eigenvalue weighted by atomic mass is 32.2. The van der Waals surface area contributed by atoms with Gasteiger partial charge in [0.05, 0.1) is 4.90 Å². The smallest absolute Gasteiger partial charge is 0.242 e. The van der Waals surface area contributed by atoms with Crippen LogP contribution in [0.5, 0.6) is 0 Å². The van der Waals surface area contributed by atoms with E-state index in [2.05, 4.69) is 29.1 Å². The summed E-state index contributed by atoms with van der Waals surface area (Å²) in [7, 11) is -0.292. The van der Waals surface area contributed by atoms with E-state index in [4.69, 9.17) is 0 Å². The molecule has 1 N–H and O–H groups in total. The van der Waals surface area contributed by atoms with Crippen LogP contribution in [0.2, 0.25) is 0 Å². The lowest BCUT2D eigenvalue weighted by molar-refractivity contribution is 0.521. The first kappa shape index (κ1) is 16.0. The molecule has 114 valence electrons. The van der Waals surface area contributed by atoms with Gasteiger partial charge in [0.2, 0.25) is 10.0 Å². The summed E-state index contributed by atoms with van der Waals surface area (Å²) in [5.41, 5.74) is 2.24. The lowest BCUT2D eigenvalue weighted by Crippen LogP contribution is -2.22. The largest absolute Gasteiger partial charge is 0.382 e. The summed E-state index contributed by atoms with van der Waals surface area (Å²) in [6.45, 7) is 2.11. The molecule has 0 radical (unpaired) electrons. The van der Waals surface area contributed by atoms with Crippen molar-refractivity contribution >= 4 is 27.0 Å². The highest BCUT2D eigenvalue weighted by Gasteiger charge is 2.16. The highest BCUT2D eigenvalue weighted by molar-refractivity contribution is 7.89. The van der Waals surface area contributed by atoms with Crippen molar-refractivity contribution in [1.82, 2.24) is 4.31 Å². The number of nitrogens with one attached hydrogen (secondary N) is 1. The summed E-state index contributed by atoms with van der Waals surface area (Å²) < 4.78 is 25.2. The van der Waals surface area contributed by atoms with Gasteiger partial charge in [-0.2, -0.15) is 11.3 Å². The molecule has 0 spiro atoms. The van der Waals surface area contributed by atoms with E-state index in [1.807, 2.05) is 0 Å². The summed E-state index contributed by atoms with van der Waals surface area (Å²) in [4.78, 5) is 0.309. The van der Waals surface area contributed by atoms with Crippen LogP contribution in [0.1, 0.15) is 12.5 Å². The molecule has 0 aliphatic rings. The molecule has 0 fully saturated rings. The second kappa shape index (κ2) is 6.60. The lowest BCUT2D eigenvalue weighted by Gasteiger charge is -2.16. The first-order chi connectivity index (χ1) is 9.89. The van der Waals surface area contributed by atoms with Gasteiger partial charge in [-0.25, -0.2) is 12.7 Å². The van der Waals surface area contributed by atoms with Crippen molar-refractivity contribution in [3.8, 4) is 0 Å². The number of thiophene rings is 1. The third kappa shape index (κ3) is 4.06. The van der Waals surface area contributed by atoms with Crippen molar-refractivity contribution in [3.63, 3.8) is 0 Å². The van der Waals surface area contributed by atoms with Crippen molar-refractivity contribution in [2.45, 2.75) is 24.3 Å². The van der Waals surface area contributed by atoms with Crippen molar-refractivity contribution < 1.29 is 8.42 Å². The quantitative estimate of drug-likeness (QED) is 0.888. The average molecular weight is 324 g/mol. The molecular weight excluding hydrogens is 304 g/mol. The Morgan fingerprint density at radius 1 is 1.19 bits per heavy atom. The van der Waals surface area contributed by atoms with E-state index in [-0.39, 0.29) is 6.04 Å². The van der Waals surface area contributed by atoms with E-state index in [1.165, 1.54) is 24.0 Å². The number of rotatable bonds is 6. The van der Waals surface area contributed by atoms with E-state index in [1.54, 1.807) is 35.6 Å². The highest BCUT2D eigenvalue weighted by Crippen LogP contribution is 2.18. The Hall–Kier alpha value is -1.37. The van der Waals surface area contributed by atoms with E-state index in [0.29, 0.717) is 4.90 Å². The van der Waals surface area contributed by atoms with Gasteiger partial charge in [-0.3, -0.25) is 0 Å². The summed E-state index contributed by atoms with van der Waals surface area (Å²) in [6.07, 6.45) is 0.946. The number of nitrogens with zero attached hydrogens (tertiary/aromatic N) is 1. The van der Waals surface area contributed by atoms with Gasteiger partial charge >= 0.3 is 0 Å². The molecule has 0 amide bonds. The second-order valence-corrected chi connectivity index (χ2v) is 8.12. The third-order valence-electron chi connectivity index (χ3n) is 3.17. The molecule has 1 aromatic carbocycles. The van der Waals surface area contributed by atoms with Gasteiger partial charge in [0.15, 0.2) is 0 Å². The average Bonchev–Trinajstić information content (AvgIpc) is 2.91. The van der Waals surface area contributed by atoms with Gasteiger partial charge in [0.25, 0.3) is 0 Å². The number of sulfonamides is 1. The van der Waals surface area contributed by atoms with Crippen molar-refractivity contribution in [2.24, 2.45) is 0 Å². The zero-order chi connectivity index (χ0) is 15.5. The van der Waals surface area contributed by atoms with Gasteiger partial charge in [-0.05, 0) is 60.0 Å². The molecule has 4 nitrogen and oxygen atoms in total. The van der Waals surface area contributed by atoms with Crippen LogP contribution in [0.3, 0.4) is 0 Å². The Kier molecular flexibility index (Phi) is 5.03. The number of anilines is 1. The molecular formula is C15H20N2O2S2. The van der Waals surface area contributed by atoms with E-state index >= 15 is 0 Å². The maximum atomic E-state index is 12.0. The Balaban J connectivity index is 2.03. The fourth-order valence-corrected chi connectivity index (χ4v) is 3.62. The van der Waals surface area contributed by atoms with Crippen LogP contribution < -0.4 is 5.32 Å². The molecule has 6 heteroatoms.